The van der Waals surface area contributed by atoms with E-state index in [1.54, 1.807) is 18.2 Å². The number of Topliss-reactive ketones (excluding diaryl/α,β-unsaturated/α-hetero) is 1. The first-order valence-corrected chi connectivity index (χ1v) is 5.69. The molecule has 0 atom stereocenters. The van der Waals surface area contributed by atoms with E-state index >= 15 is 0 Å². The van der Waals surface area contributed by atoms with Crippen LogP contribution in [-0.2, 0) is 0 Å². The van der Waals surface area contributed by atoms with Crippen LogP contribution >= 0.6 is 0 Å². The zero-order valence-corrected chi connectivity index (χ0v) is 9.21. The Labute approximate surface area is 94.6 Å². The van der Waals surface area contributed by atoms with Crippen molar-refractivity contribution in [3.05, 3.63) is 35.6 Å². The first-order chi connectivity index (χ1) is 7.69. The SMILES string of the molecule is NCC1(C(=O)c2ccccc2F)CCCC1. The van der Waals surface area contributed by atoms with Crippen molar-refractivity contribution in [3.63, 3.8) is 0 Å². The van der Waals surface area contributed by atoms with Crippen LogP contribution in [0.5, 0.6) is 0 Å². The molecule has 0 amide bonds. The third-order valence-electron chi connectivity index (χ3n) is 3.55. The molecule has 0 aliphatic heterocycles. The minimum atomic E-state index is -0.512. The molecule has 0 radical (unpaired) electrons. The quantitative estimate of drug-likeness (QED) is 0.797. The molecule has 0 saturated heterocycles. The number of ketones is 1. The molecule has 1 aromatic carbocycles. The van der Waals surface area contributed by atoms with Gasteiger partial charge in [-0.3, -0.25) is 4.79 Å². The lowest BCUT2D eigenvalue weighted by atomic mass is 9.79. The Morgan fingerprint density at radius 1 is 1.31 bits per heavy atom. The highest BCUT2D eigenvalue weighted by molar-refractivity contribution is 6.01. The van der Waals surface area contributed by atoms with Gasteiger partial charge < -0.3 is 5.73 Å². The lowest BCUT2D eigenvalue weighted by Crippen LogP contribution is -2.36. The molecule has 0 heterocycles. The molecule has 1 fully saturated rings. The fraction of sp³-hybridized carbons (Fsp3) is 0.462. The molecule has 0 unspecified atom stereocenters. The molecule has 2 nitrogen and oxygen atoms in total. The summed E-state index contributed by atoms with van der Waals surface area (Å²) in [5.41, 5.74) is 5.39. The first kappa shape index (κ1) is 11.3. The molecule has 2 N–H and O–H groups in total. The van der Waals surface area contributed by atoms with Crippen molar-refractivity contribution in [2.45, 2.75) is 25.7 Å². The van der Waals surface area contributed by atoms with Crippen molar-refractivity contribution < 1.29 is 9.18 Å². The number of carbonyl (C=O) groups excluding carboxylic acids is 1. The van der Waals surface area contributed by atoms with Crippen LogP contribution in [0.1, 0.15) is 36.0 Å². The summed E-state index contributed by atoms with van der Waals surface area (Å²) in [6.45, 7) is 0.320. The van der Waals surface area contributed by atoms with Crippen molar-refractivity contribution in [1.82, 2.24) is 0 Å². The molecular weight excluding hydrogens is 205 g/mol. The van der Waals surface area contributed by atoms with Crippen LogP contribution in [0, 0.1) is 11.2 Å². The molecular formula is C13H16FNO. The lowest BCUT2D eigenvalue weighted by Gasteiger charge is -2.25. The maximum Gasteiger partial charge on any atom is 0.173 e. The Balaban J connectivity index is 2.34. The Bertz CT molecular complexity index is 397. The van der Waals surface area contributed by atoms with E-state index in [0.29, 0.717) is 6.54 Å². The topological polar surface area (TPSA) is 43.1 Å². The summed E-state index contributed by atoms with van der Waals surface area (Å²) in [5, 5.41) is 0. The summed E-state index contributed by atoms with van der Waals surface area (Å²) in [5.74, 6) is -0.558. The van der Waals surface area contributed by atoms with Gasteiger partial charge in [0.2, 0.25) is 0 Å². The summed E-state index contributed by atoms with van der Waals surface area (Å²) in [6, 6.07) is 6.16. The van der Waals surface area contributed by atoms with Crippen LogP contribution in [0.15, 0.2) is 24.3 Å². The van der Waals surface area contributed by atoms with Gasteiger partial charge in [-0.2, -0.15) is 0 Å². The number of halogens is 1. The molecule has 2 rings (SSSR count). The second-order valence-electron chi connectivity index (χ2n) is 4.50. The van der Waals surface area contributed by atoms with Gasteiger partial charge in [-0.25, -0.2) is 4.39 Å². The fourth-order valence-electron chi connectivity index (χ4n) is 2.51. The van der Waals surface area contributed by atoms with Gasteiger partial charge in [0.15, 0.2) is 5.78 Å². The maximum absolute atomic E-state index is 13.5. The predicted octanol–water partition coefficient (Wildman–Crippen LogP) is 2.53. The molecule has 86 valence electrons. The number of nitrogens with two attached hydrogens (primary N) is 1. The highest BCUT2D eigenvalue weighted by Gasteiger charge is 2.40. The van der Waals surface area contributed by atoms with E-state index in [-0.39, 0.29) is 11.3 Å². The minimum Gasteiger partial charge on any atom is -0.329 e. The Morgan fingerprint density at radius 2 is 1.94 bits per heavy atom. The van der Waals surface area contributed by atoms with Crippen LogP contribution in [0.25, 0.3) is 0 Å². The van der Waals surface area contributed by atoms with E-state index in [0.717, 1.165) is 25.7 Å². The van der Waals surface area contributed by atoms with E-state index in [9.17, 15) is 9.18 Å². The van der Waals surface area contributed by atoms with Crippen molar-refractivity contribution in [3.8, 4) is 0 Å². The second-order valence-corrected chi connectivity index (χ2v) is 4.50. The standard InChI is InChI=1S/C13H16FNO/c14-11-6-2-1-5-10(11)12(16)13(9-15)7-3-4-8-13/h1-2,5-6H,3-4,7-9,15H2. The summed E-state index contributed by atoms with van der Waals surface area (Å²) in [4.78, 5) is 12.3. The van der Waals surface area contributed by atoms with Crippen LogP contribution < -0.4 is 5.73 Å². The normalized spacial score (nSPS) is 18.6. The van der Waals surface area contributed by atoms with E-state index in [2.05, 4.69) is 0 Å². The van der Waals surface area contributed by atoms with Gasteiger partial charge in [-0.1, -0.05) is 25.0 Å². The number of hydrogen-bond acceptors (Lipinski definition) is 2. The van der Waals surface area contributed by atoms with Crippen LogP contribution in [0.2, 0.25) is 0 Å². The monoisotopic (exact) mass is 221 g/mol. The molecule has 1 aliphatic rings. The van der Waals surface area contributed by atoms with Crippen molar-refractivity contribution in [2.24, 2.45) is 11.1 Å². The zero-order chi connectivity index (χ0) is 11.6. The highest BCUT2D eigenvalue weighted by atomic mass is 19.1. The van der Waals surface area contributed by atoms with Crippen molar-refractivity contribution in [2.75, 3.05) is 6.54 Å². The van der Waals surface area contributed by atoms with E-state index in [4.69, 9.17) is 5.73 Å². The summed E-state index contributed by atoms with van der Waals surface area (Å²) < 4.78 is 13.5. The van der Waals surface area contributed by atoms with Gasteiger partial charge in [-0.05, 0) is 25.0 Å². The number of hydrogen-bond donors (Lipinski definition) is 1. The molecule has 1 aromatic rings. The fourth-order valence-corrected chi connectivity index (χ4v) is 2.51. The number of carbonyl (C=O) groups is 1. The highest BCUT2D eigenvalue weighted by Crippen LogP contribution is 2.40. The van der Waals surface area contributed by atoms with Gasteiger partial charge in [0.25, 0.3) is 0 Å². The van der Waals surface area contributed by atoms with Crippen LogP contribution in [0.3, 0.4) is 0 Å². The molecule has 1 aliphatic carbocycles. The minimum absolute atomic E-state index is 0.120. The maximum atomic E-state index is 13.5. The van der Waals surface area contributed by atoms with E-state index in [1.807, 2.05) is 0 Å². The Hall–Kier alpha value is -1.22. The summed E-state index contributed by atoms with van der Waals surface area (Å²) in [7, 11) is 0. The molecule has 0 aromatic heterocycles. The van der Waals surface area contributed by atoms with Gasteiger partial charge in [-0.15, -0.1) is 0 Å². The van der Waals surface area contributed by atoms with E-state index in [1.165, 1.54) is 6.07 Å². The Kier molecular flexibility index (Phi) is 3.06. The predicted molar refractivity (Wildman–Crippen MR) is 60.7 cm³/mol. The third-order valence-corrected chi connectivity index (χ3v) is 3.55. The molecule has 0 bridgehead atoms. The smallest absolute Gasteiger partial charge is 0.173 e. The van der Waals surface area contributed by atoms with Gasteiger partial charge in [0, 0.05) is 12.0 Å². The first-order valence-electron chi connectivity index (χ1n) is 5.69. The van der Waals surface area contributed by atoms with Crippen molar-refractivity contribution >= 4 is 5.78 Å². The van der Waals surface area contributed by atoms with Crippen molar-refractivity contribution in [1.29, 1.82) is 0 Å². The Morgan fingerprint density at radius 3 is 2.50 bits per heavy atom. The summed E-state index contributed by atoms with van der Waals surface area (Å²) >= 11 is 0. The third kappa shape index (κ3) is 1.76. The van der Waals surface area contributed by atoms with Gasteiger partial charge >= 0.3 is 0 Å². The molecule has 1 saturated carbocycles. The van der Waals surface area contributed by atoms with E-state index < -0.39 is 11.2 Å². The summed E-state index contributed by atoms with van der Waals surface area (Å²) in [6.07, 6.45) is 3.60. The van der Waals surface area contributed by atoms with Gasteiger partial charge in [0.05, 0.1) is 5.56 Å². The zero-order valence-electron chi connectivity index (χ0n) is 9.21. The molecule has 0 spiro atoms. The second kappa shape index (κ2) is 4.34. The van der Waals surface area contributed by atoms with Crippen LogP contribution in [-0.4, -0.2) is 12.3 Å². The average Bonchev–Trinajstić information content (AvgIpc) is 2.78. The largest absolute Gasteiger partial charge is 0.329 e. The molecule has 16 heavy (non-hydrogen) atoms. The van der Waals surface area contributed by atoms with Gasteiger partial charge in [0.1, 0.15) is 5.82 Å². The molecule has 3 heteroatoms. The number of benzene rings is 1. The van der Waals surface area contributed by atoms with Crippen LogP contribution in [0.4, 0.5) is 4.39 Å². The lowest BCUT2D eigenvalue weighted by molar-refractivity contribution is 0.0805. The number of rotatable bonds is 3. The average molecular weight is 221 g/mol.